The van der Waals surface area contributed by atoms with Crippen LogP contribution in [0.25, 0.3) is 0 Å². The maximum atomic E-state index is 5.27. The zero-order valence-corrected chi connectivity index (χ0v) is 11.5. The van der Waals surface area contributed by atoms with E-state index in [1.807, 2.05) is 0 Å². The van der Waals surface area contributed by atoms with Crippen LogP contribution < -0.4 is 11.5 Å². The molecule has 0 atom stereocenters. The van der Waals surface area contributed by atoms with E-state index in [0.717, 1.165) is 5.56 Å². The third kappa shape index (κ3) is 3.58. The van der Waals surface area contributed by atoms with Crippen molar-refractivity contribution in [1.82, 2.24) is 0 Å². The molecule has 1 aromatic carbocycles. The van der Waals surface area contributed by atoms with Crippen LogP contribution in [0.4, 0.5) is 0 Å². The van der Waals surface area contributed by atoms with Gasteiger partial charge < -0.3 is 11.5 Å². The molecule has 0 unspecified atom stereocenters. The quantitative estimate of drug-likeness (QED) is 0.486. The molecule has 0 radical (unpaired) electrons. The first-order chi connectivity index (χ1) is 8.43. The van der Waals surface area contributed by atoms with Crippen LogP contribution >= 0.6 is 0 Å². The van der Waals surface area contributed by atoms with Gasteiger partial charge in [0, 0.05) is 5.56 Å². The Bertz CT molecular complexity index is 429. The fourth-order valence-electron chi connectivity index (χ4n) is 1.91. The number of nitrogens with two attached hydrogens (primary N) is 2. The Labute approximate surface area is 109 Å². The van der Waals surface area contributed by atoms with E-state index in [2.05, 4.69) is 56.1 Å². The summed E-state index contributed by atoms with van der Waals surface area (Å²) in [6, 6.07) is 6.32. The van der Waals surface area contributed by atoms with E-state index in [-0.39, 0.29) is 5.96 Å². The highest BCUT2D eigenvalue weighted by atomic mass is 15.3. The van der Waals surface area contributed by atoms with Crippen LogP contribution in [-0.2, 0) is 0 Å². The minimum atomic E-state index is -0.0284. The lowest BCUT2D eigenvalue weighted by atomic mass is 9.89. The molecule has 1 aromatic rings. The van der Waals surface area contributed by atoms with E-state index < -0.39 is 0 Å². The Morgan fingerprint density at radius 3 is 1.94 bits per heavy atom. The summed E-state index contributed by atoms with van der Waals surface area (Å²) < 4.78 is 0. The first-order valence-corrected chi connectivity index (χ1v) is 6.18. The molecule has 0 spiro atoms. The van der Waals surface area contributed by atoms with Crippen molar-refractivity contribution in [2.75, 3.05) is 0 Å². The van der Waals surface area contributed by atoms with Crippen LogP contribution in [0.5, 0.6) is 0 Å². The Hall–Kier alpha value is -1.84. The largest absolute Gasteiger partial charge is 0.369 e. The number of hydrogen-bond donors (Lipinski definition) is 2. The van der Waals surface area contributed by atoms with Crippen molar-refractivity contribution in [3.05, 3.63) is 34.9 Å². The Kier molecular flexibility index (Phi) is 4.89. The van der Waals surface area contributed by atoms with Gasteiger partial charge in [-0.1, -0.05) is 45.9 Å². The van der Waals surface area contributed by atoms with E-state index in [1.165, 1.54) is 11.1 Å². The normalized spacial score (nSPS) is 11.4. The van der Waals surface area contributed by atoms with Gasteiger partial charge in [0.1, 0.15) is 0 Å². The van der Waals surface area contributed by atoms with E-state index in [1.54, 1.807) is 6.21 Å². The Balaban J connectivity index is 3.27. The summed E-state index contributed by atoms with van der Waals surface area (Å²) in [7, 11) is 0. The second kappa shape index (κ2) is 6.19. The third-order valence-corrected chi connectivity index (χ3v) is 2.78. The zero-order chi connectivity index (χ0) is 13.7. The second-order valence-electron chi connectivity index (χ2n) is 4.93. The molecule has 0 amide bonds. The molecule has 0 aliphatic carbocycles. The SMILES string of the molecule is CC(C)c1cccc(C(C)C)c1/C=N/N=C(N)N. The molecule has 0 aromatic heterocycles. The highest BCUT2D eigenvalue weighted by Gasteiger charge is 2.11. The van der Waals surface area contributed by atoms with Crippen molar-refractivity contribution >= 4 is 12.2 Å². The third-order valence-electron chi connectivity index (χ3n) is 2.78. The summed E-state index contributed by atoms with van der Waals surface area (Å²) in [5.41, 5.74) is 14.2. The number of guanidine groups is 1. The molecular weight excluding hydrogens is 224 g/mol. The van der Waals surface area contributed by atoms with E-state index >= 15 is 0 Å². The number of hydrogen-bond acceptors (Lipinski definition) is 2. The van der Waals surface area contributed by atoms with Gasteiger partial charge in [-0.15, -0.1) is 5.10 Å². The van der Waals surface area contributed by atoms with Crippen LogP contribution in [-0.4, -0.2) is 12.2 Å². The molecule has 0 saturated heterocycles. The van der Waals surface area contributed by atoms with Crippen molar-refractivity contribution < 1.29 is 0 Å². The minimum Gasteiger partial charge on any atom is -0.369 e. The first kappa shape index (κ1) is 14.2. The van der Waals surface area contributed by atoms with E-state index in [9.17, 15) is 0 Å². The van der Waals surface area contributed by atoms with Crippen molar-refractivity contribution in [2.24, 2.45) is 21.7 Å². The highest BCUT2D eigenvalue weighted by molar-refractivity contribution is 5.85. The molecule has 0 bridgehead atoms. The molecule has 0 fully saturated rings. The number of nitrogens with zero attached hydrogens (tertiary/aromatic N) is 2. The van der Waals surface area contributed by atoms with Gasteiger partial charge in [-0.05, 0) is 23.0 Å². The molecule has 98 valence electrons. The minimum absolute atomic E-state index is 0.0284. The topological polar surface area (TPSA) is 76.8 Å². The summed E-state index contributed by atoms with van der Waals surface area (Å²) in [4.78, 5) is 0. The zero-order valence-electron chi connectivity index (χ0n) is 11.5. The number of benzene rings is 1. The molecular formula is C14H22N4. The van der Waals surface area contributed by atoms with Gasteiger partial charge in [0.15, 0.2) is 0 Å². The fraction of sp³-hybridized carbons (Fsp3) is 0.429. The predicted octanol–water partition coefficient (Wildman–Crippen LogP) is 2.54. The predicted molar refractivity (Wildman–Crippen MR) is 78.0 cm³/mol. The van der Waals surface area contributed by atoms with Crippen molar-refractivity contribution in [3.63, 3.8) is 0 Å². The van der Waals surface area contributed by atoms with Crippen LogP contribution in [0.2, 0.25) is 0 Å². The van der Waals surface area contributed by atoms with Gasteiger partial charge in [0.2, 0.25) is 5.96 Å². The van der Waals surface area contributed by atoms with Crippen molar-refractivity contribution in [1.29, 1.82) is 0 Å². The van der Waals surface area contributed by atoms with Gasteiger partial charge >= 0.3 is 0 Å². The van der Waals surface area contributed by atoms with Crippen molar-refractivity contribution in [2.45, 2.75) is 39.5 Å². The lowest BCUT2D eigenvalue weighted by Crippen LogP contribution is -2.21. The second-order valence-corrected chi connectivity index (χ2v) is 4.93. The highest BCUT2D eigenvalue weighted by Crippen LogP contribution is 2.26. The average Bonchev–Trinajstić information content (AvgIpc) is 2.28. The summed E-state index contributed by atoms with van der Waals surface area (Å²) in [5.74, 6) is 0.841. The molecule has 4 N–H and O–H groups in total. The van der Waals surface area contributed by atoms with Crippen LogP contribution in [0, 0.1) is 0 Å². The summed E-state index contributed by atoms with van der Waals surface area (Å²) in [6.45, 7) is 8.66. The van der Waals surface area contributed by atoms with Gasteiger partial charge in [-0.3, -0.25) is 0 Å². The Morgan fingerprint density at radius 2 is 1.56 bits per heavy atom. The van der Waals surface area contributed by atoms with Gasteiger partial charge in [-0.2, -0.15) is 5.10 Å². The molecule has 18 heavy (non-hydrogen) atoms. The van der Waals surface area contributed by atoms with Crippen molar-refractivity contribution in [3.8, 4) is 0 Å². The van der Waals surface area contributed by atoms with Gasteiger partial charge in [0.25, 0.3) is 0 Å². The van der Waals surface area contributed by atoms with E-state index in [0.29, 0.717) is 11.8 Å². The Morgan fingerprint density at radius 1 is 1.06 bits per heavy atom. The summed E-state index contributed by atoms with van der Waals surface area (Å²) >= 11 is 0. The molecule has 0 heterocycles. The maximum Gasteiger partial charge on any atom is 0.211 e. The number of rotatable bonds is 4. The standard InChI is InChI=1S/C14H22N4/c1-9(2)11-6-5-7-12(10(3)4)13(11)8-17-18-14(15)16/h5-10H,1-4H3,(H4,15,16,18)/b17-8+. The van der Waals surface area contributed by atoms with Crippen LogP contribution in [0.3, 0.4) is 0 Å². The summed E-state index contributed by atoms with van der Waals surface area (Å²) in [5, 5.41) is 7.60. The molecule has 0 aliphatic rings. The lowest BCUT2D eigenvalue weighted by Gasteiger charge is -2.16. The molecule has 1 rings (SSSR count). The van der Waals surface area contributed by atoms with Gasteiger partial charge in [0.05, 0.1) is 6.21 Å². The molecule has 0 aliphatic heterocycles. The molecule has 4 heteroatoms. The van der Waals surface area contributed by atoms with E-state index in [4.69, 9.17) is 11.5 Å². The fourth-order valence-corrected chi connectivity index (χ4v) is 1.91. The lowest BCUT2D eigenvalue weighted by molar-refractivity contribution is 0.830. The smallest absolute Gasteiger partial charge is 0.211 e. The monoisotopic (exact) mass is 246 g/mol. The average molecular weight is 246 g/mol. The summed E-state index contributed by atoms with van der Waals surface area (Å²) in [6.07, 6.45) is 1.74. The van der Waals surface area contributed by atoms with Gasteiger partial charge in [-0.25, -0.2) is 0 Å². The maximum absolute atomic E-state index is 5.27. The molecule has 0 saturated carbocycles. The molecule has 4 nitrogen and oxygen atoms in total. The van der Waals surface area contributed by atoms with Crippen LogP contribution in [0.1, 0.15) is 56.2 Å². The first-order valence-electron chi connectivity index (χ1n) is 6.18. The van der Waals surface area contributed by atoms with Crippen LogP contribution in [0.15, 0.2) is 28.4 Å².